The minimum atomic E-state index is -0.665. The fourth-order valence-corrected chi connectivity index (χ4v) is 2.78. The summed E-state index contributed by atoms with van der Waals surface area (Å²) in [5.41, 5.74) is 2.70. The summed E-state index contributed by atoms with van der Waals surface area (Å²) < 4.78 is 0. The van der Waals surface area contributed by atoms with Crippen LogP contribution in [0.4, 0.5) is 5.13 Å². The summed E-state index contributed by atoms with van der Waals surface area (Å²) in [5.74, 6) is -0.981. The van der Waals surface area contributed by atoms with Gasteiger partial charge in [0.25, 0.3) is 5.91 Å². The second-order valence-electron chi connectivity index (χ2n) is 6.39. The molecule has 24 heavy (non-hydrogen) atoms. The number of nitrogens with zero attached hydrogens (tertiary/aromatic N) is 2. The van der Waals surface area contributed by atoms with E-state index in [9.17, 15) is 9.90 Å². The Hall–Kier alpha value is -2.65. The highest BCUT2D eigenvalue weighted by atomic mass is 32.1. The number of carbonyl (C=O) groups is 1. The van der Waals surface area contributed by atoms with Crippen LogP contribution < -0.4 is 5.32 Å². The molecule has 2 aromatic rings. The quantitative estimate of drug-likeness (QED) is 0.492. The Balaban J connectivity index is 2.18. The Morgan fingerprint density at radius 3 is 2.42 bits per heavy atom. The number of nitriles is 1. The highest BCUT2D eigenvalue weighted by Crippen LogP contribution is 2.28. The van der Waals surface area contributed by atoms with Crippen LogP contribution in [0.3, 0.4) is 0 Å². The number of anilines is 1. The number of benzene rings is 1. The molecule has 2 N–H and O–H groups in total. The predicted octanol–water partition coefficient (Wildman–Crippen LogP) is 4.40. The van der Waals surface area contributed by atoms with E-state index in [2.05, 4.69) is 43.2 Å². The van der Waals surface area contributed by atoms with Gasteiger partial charge in [0.2, 0.25) is 0 Å². The number of nitrogens with one attached hydrogen (secondary N) is 1. The van der Waals surface area contributed by atoms with Crippen molar-refractivity contribution in [2.45, 2.75) is 33.1 Å². The molecule has 0 unspecified atom stereocenters. The van der Waals surface area contributed by atoms with Gasteiger partial charge in [-0.25, -0.2) is 4.98 Å². The van der Waals surface area contributed by atoms with Gasteiger partial charge in [0, 0.05) is 10.9 Å². The molecular weight excluding hydrogens is 322 g/mol. The molecule has 1 aromatic heterocycles. The normalized spacial score (nSPS) is 12.3. The summed E-state index contributed by atoms with van der Waals surface area (Å²) >= 11 is 1.27. The molecule has 0 aliphatic carbocycles. The van der Waals surface area contributed by atoms with Gasteiger partial charge in [-0.3, -0.25) is 10.1 Å². The van der Waals surface area contributed by atoms with Crippen molar-refractivity contribution in [2.75, 3.05) is 5.32 Å². The van der Waals surface area contributed by atoms with E-state index >= 15 is 0 Å². The topological polar surface area (TPSA) is 86.0 Å². The number of allylic oxidation sites excluding steroid dienone is 1. The van der Waals surface area contributed by atoms with Crippen molar-refractivity contribution in [1.82, 2.24) is 4.98 Å². The Morgan fingerprint density at radius 1 is 1.29 bits per heavy atom. The minimum absolute atomic E-state index is 0.0852. The maximum Gasteiger partial charge on any atom is 0.271 e. The number of hydrogen-bond donors (Lipinski definition) is 2. The standard InChI is InChI=1S/C18H19N3O2S/c1-11(22)14(9-19)16(23)21-17-20-15(10-24-17)12-5-7-13(8-6-12)18(2,3)4/h5-8,10,22H,1-4H3,(H,20,21,23)/b14-11-. The molecule has 0 fully saturated rings. The predicted molar refractivity (Wildman–Crippen MR) is 95.8 cm³/mol. The lowest BCUT2D eigenvalue weighted by Crippen LogP contribution is -2.14. The van der Waals surface area contributed by atoms with Crippen molar-refractivity contribution >= 4 is 22.4 Å². The van der Waals surface area contributed by atoms with Gasteiger partial charge in [-0.2, -0.15) is 5.26 Å². The number of hydrogen-bond acceptors (Lipinski definition) is 5. The molecule has 5 nitrogen and oxygen atoms in total. The van der Waals surface area contributed by atoms with E-state index in [4.69, 9.17) is 5.26 Å². The van der Waals surface area contributed by atoms with Crippen LogP contribution in [0, 0.1) is 11.3 Å². The Morgan fingerprint density at radius 2 is 1.92 bits per heavy atom. The lowest BCUT2D eigenvalue weighted by Gasteiger charge is -2.18. The van der Waals surface area contributed by atoms with Crippen molar-refractivity contribution in [3.8, 4) is 17.3 Å². The fourth-order valence-electron chi connectivity index (χ4n) is 2.06. The second-order valence-corrected chi connectivity index (χ2v) is 7.25. The Kier molecular flexibility index (Phi) is 5.05. The van der Waals surface area contributed by atoms with Crippen molar-refractivity contribution in [3.63, 3.8) is 0 Å². The van der Waals surface area contributed by atoms with Crippen LogP contribution in [0.1, 0.15) is 33.3 Å². The monoisotopic (exact) mass is 341 g/mol. The third-order valence-electron chi connectivity index (χ3n) is 3.47. The van der Waals surface area contributed by atoms with Gasteiger partial charge in [-0.05, 0) is 17.9 Å². The molecule has 2 rings (SSSR count). The molecule has 0 saturated carbocycles. The van der Waals surface area contributed by atoms with Crippen LogP contribution in [0.2, 0.25) is 0 Å². The third kappa shape index (κ3) is 4.00. The van der Waals surface area contributed by atoms with Gasteiger partial charge in [-0.1, -0.05) is 45.0 Å². The number of aliphatic hydroxyl groups excluding tert-OH is 1. The molecule has 1 heterocycles. The smallest absolute Gasteiger partial charge is 0.271 e. The molecule has 0 aliphatic heterocycles. The first-order valence-corrected chi connectivity index (χ1v) is 8.28. The third-order valence-corrected chi connectivity index (χ3v) is 4.23. The van der Waals surface area contributed by atoms with Crippen molar-refractivity contribution in [3.05, 3.63) is 46.5 Å². The lowest BCUT2D eigenvalue weighted by atomic mass is 9.86. The number of amides is 1. The fraction of sp³-hybridized carbons (Fsp3) is 0.278. The SMILES string of the molecule is C/C(O)=C(\C#N)C(=O)Nc1nc(-c2ccc(C(C)(C)C)cc2)cs1. The Bertz CT molecular complexity index is 817. The zero-order valence-corrected chi connectivity index (χ0v) is 14.9. The largest absolute Gasteiger partial charge is 0.511 e. The summed E-state index contributed by atoms with van der Waals surface area (Å²) in [6.07, 6.45) is 0. The molecule has 6 heteroatoms. The van der Waals surface area contributed by atoms with E-state index in [1.165, 1.54) is 23.8 Å². The van der Waals surface area contributed by atoms with Gasteiger partial charge in [0.1, 0.15) is 11.8 Å². The van der Waals surface area contributed by atoms with Gasteiger partial charge in [0.15, 0.2) is 10.7 Å². The van der Waals surface area contributed by atoms with E-state index in [0.29, 0.717) is 5.13 Å². The van der Waals surface area contributed by atoms with E-state index in [1.54, 1.807) is 6.07 Å². The number of aliphatic hydroxyl groups is 1. The van der Waals surface area contributed by atoms with Crippen LogP contribution >= 0.6 is 11.3 Å². The molecule has 0 atom stereocenters. The van der Waals surface area contributed by atoms with E-state index in [1.807, 2.05) is 17.5 Å². The van der Waals surface area contributed by atoms with Crippen LogP contribution in [-0.4, -0.2) is 16.0 Å². The average molecular weight is 341 g/mol. The molecule has 0 spiro atoms. The highest BCUT2D eigenvalue weighted by Gasteiger charge is 2.16. The van der Waals surface area contributed by atoms with Crippen molar-refractivity contribution in [1.29, 1.82) is 5.26 Å². The second kappa shape index (κ2) is 6.85. The summed E-state index contributed by atoms with van der Waals surface area (Å²) in [5, 5.41) is 22.9. The molecular formula is C18H19N3O2S. The zero-order valence-electron chi connectivity index (χ0n) is 14.0. The van der Waals surface area contributed by atoms with Gasteiger partial charge >= 0.3 is 0 Å². The summed E-state index contributed by atoms with van der Waals surface area (Å²) in [4.78, 5) is 16.3. The maximum absolute atomic E-state index is 11.9. The molecule has 0 radical (unpaired) electrons. The van der Waals surface area contributed by atoms with E-state index in [-0.39, 0.29) is 16.7 Å². The van der Waals surface area contributed by atoms with Crippen LogP contribution in [0.5, 0.6) is 0 Å². The summed E-state index contributed by atoms with van der Waals surface area (Å²) in [6, 6.07) is 9.81. The number of carbonyl (C=O) groups excluding carboxylic acids is 1. The minimum Gasteiger partial charge on any atom is -0.511 e. The van der Waals surface area contributed by atoms with E-state index in [0.717, 1.165) is 11.3 Å². The van der Waals surface area contributed by atoms with Gasteiger partial charge < -0.3 is 5.11 Å². The number of rotatable bonds is 3. The number of thiazole rings is 1. The lowest BCUT2D eigenvalue weighted by molar-refractivity contribution is -0.112. The maximum atomic E-state index is 11.9. The van der Waals surface area contributed by atoms with Crippen molar-refractivity contribution < 1.29 is 9.90 Å². The van der Waals surface area contributed by atoms with E-state index < -0.39 is 5.91 Å². The number of aromatic nitrogens is 1. The molecule has 0 aliphatic rings. The van der Waals surface area contributed by atoms with Crippen LogP contribution in [0.15, 0.2) is 41.0 Å². The zero-order chi connectivity index (χ0) is 17.9. The molecule has 0 bridgehead atoms. The summed E-state index contributed by atoms with van der Waals surface area (Å²) in [7, 11) is 0. The molecule has 1 aromatic carbocycles. The Labute approximate surface area is 145 Å². The first-order valence-electron chi connectivity index (χ1n) is 7.40. The average Bonchev–Trinajstić information content (AvgIpc) is 2.95. The molecule has 0 saturated heterocycles. The first kappa shape index (κ1) is 17.7. The van der Waals surface area contributed by atoms with Crippen LogP contribution in [-0.2, 0) is 10.2 Å². The van der Waals surface area contributed by atoms with Crippen molar-refractivity contribution in [2.24, 2.45) is 0 Å². The van der Waals surface area contributed by atoms with Gasteiger partial charge in [-0.15, -0.1) is 11.3 Å². The summed E-state index contributed by atoms with van der Waals surface area (Å²) in [6.45, 7) is 7.76. The van der Waals surface area contributed by atoms with Gasteiger partial charge in [0.05, 0.1) is 5.69 Å². The first-order chi connectivity index (χ1) is 11.2. The highest BCUT2D eigenvalue weighted by molar-refractivity contribution is 7.14. The molecule has 124 valence electrons. The molecule has 1 amide bonds. The van der Waals surface area contributed by atoms with Crippen LogP contribution in [0.25, 0.3) is 11.3 Å².